The van der Waals surface area contributed by atoms with Crippen LogP contribution in [-0.2, 0) is 30.4 Å². The van der Waals surface area contributed by atoms with Gasteiger partial charge in [-0.2, -0.15) is 13.2 Å². The standard InChI is InChI=1S/C23H20F3N3O2S2/c24-23(25,26)16-7-4-8-17(13-16)27-19(30)14-33-22-28-18-10-12-32-20(18)21(31)29(22)11-9-15-5-2-1-3-6-15/h1-8,13H,9-12,14H2,(H,27,30). The first-order valence-corrected chi connectivity index (χ1v) is 12.2. The number of anilines is 1. The summed E-state index contributed by atoms with van der Waals surface area (Å²) in [5.74, 6) is 0.235. The third-order valence-electron chi connectivity index (χ3n) is 5.02. The number of alkyl halides is 3. The molecule has 4 rings (SSSR count). The maximum Gasteiger partial charge on any atom is 0.416 e. The molecule has 0 saturated carbocycles. The van der Waals surface area contributed by atoms with Crippen LogP contribution in [0.2, 0.25) is 0 Å². The van der Waals surface area contributed by atoms with Gasteiger partial charge in [0.15, 0.2) is 5.16 Å². The van der Waals surface area contributed by atoms with Gasteiger partial charge < -0.3 is 5.32 Å². The lowest BCUT2D eigenvalue weighted by Crippen LogP contribution is -2.27. The molecule has 0 fully saturated rings. The zero-order chi connectivity index (χ0) is 23.4. The topological polar surface area (TPSA) is 64.0 Å². The highest BCUT2D eigenvalue weighted by molar-refractivity contribution is 8.00. The third kappa shape index (κ3) is 5.80. The molecular formula is C23H20F3N3O2S2. The maximum atomic E-state index is 13.1. The molecule has 5 nitrogen and oxygen atoms in total. The number of hydrogen-bond donors (Lipinski definition) is 1. The van der Waals surface area contributed by atoms with Crippen LogP contribution in [-0.4, -0.2) is 27.0 Å². The molecule has 1 aliphatic rings. The van der Waals surface area contributed by atoms with E-state index in [2.05, 4.69) is 10.3 Å². The summed E-state index contributed by atoms with van der Waals surface area (Å²) >= 11 is 2.60. The predicted octanol–water partition coefficient (Wildman–Crippen LogP) is 4.88. The van der Waals surface area contributed by atoms with E-state index in [4.69, 9.17) is 0 Å². The van der Waals surface area contributed by atoms with E-state index in [1.54, 1.807) is 4.57 Å². The van der Waals surface area contributed by atoms with E-state index in [9.17, 15) is 22.8 Å². The van der Waals surface area contributed by atoms with Crippen molar-refractivity contribution in [2.24, 2.45) is 0 Å². The summed E-state index contributed by atoms with van der Waals surface area (Å²) in [6.07, 6.45) is -3.16. The largest absolute Gasteiger partial charge is 0.416 e. The fraction of sp³-hybridized carbons (Fsp3) is 0.261. The number of halogens is 3. The number of thioether (sulfide) groups is 2. The molecule has 2 aromatic carbocycles. The maximum absolute atomic E-state index is 13.1. The Hall–Kier alpha value is -2.72. The SMILES string of the molecule is O=C(CSc1nc2c(c(=O)n1CCc1ccccc1)SCC2)Nc1cccc(C(F)(F)F)c1. The minimum Gasteiger partial charge on any atom is -0.325 e. The number of fused-ring (bicyclic) bond motifs is 1. The predicted molar refractivity (Wildman–Crippen MR) is 124 cm³/mol. The minimum atomic E-state index is -4.49. The van der Waals surface area contributed by atoms with E-state index in [-0.39, 0.29) is 17.0 Å². The zero-order valence-corrected chi connectivity index (χ0v) is 19.0. The molecule has 0 unspecified atom stereocenters. The average Bonchev–Trinajstić information content (AvgIpc) is 3.26. The highest BCUT2D eigenvalue weighted by Crippen LogP contribution is 2.31. The van der Waals surface area contributed by atoms with Crippen molar-refractivity contribution in [3.05, 3.63) is 81.8 Å². The van der Waals surface area contributed by atoms with Gasteiger partial charge in [-0.3, -0.25) is 14.2 Å². The molecule has 0 atom stereocenters. The Labute approximate surface area is 196 Å². The first-order valence-electron chi connectivity index (χ1n) is 10.2. The van der Waals surface area contributed by atoms with Crippen LogP contribution < -0.4 is 10.9 Å². The van der Waals surface area contributed by atoms with E-state index in [0.717, 1.165) is 40.9 Å². The van der Waals surface area contributed by atoms with Crippen LogP contribution in [0, 0.1) is 0 Å². The van der Waals surface area contributed by atoms with Gasteiger partial charge in [0.1, 0.15) is 0 Å². The quantitative estimate of drug-likeness (QED) is 0.377. The molecule has 0 saturated heterocycles. The number of aromatic nitrogens is 2. The van der Waals surface area contributed by atoms with E-state index in [1.807, 2.05) is 30.3 Å². The third-order valence-corrected chi connectivity index (χ3v) is 7.10. The van der Waals surface area contributed by atoms with Gasteiger partial charge in [-0.05, 0) is 30.2 Å². The van der Waals surface area contributed by atoms with Crippen LogP contribution in [0.15, 0.2) is 69.4 Å². The number of carbonyl (C=O) groups is 1. The Bertz CT molecular complexity index is 1210. The first kappa shape index (κ1) is 23.4. The van der Waals surface area contributed by atoms with Crippen molar-refractivity contribution in [3.63, 3.8) is 0 Å². The van der Waals surface area contributed by atoms with Crippen LogP contribution in [0.5, 0.6) is 0 Å². The second-order valence-electron chi connectivity index (χ2n) is 7.38. The summed E-state index contributed by atoms with van der Waals surface area (Å²) in [6, 6.07) is 14.2. The van der Waals surface area contributed by atoms with Gasteiger partial charge in [-0.1, -0.05) is 48.2 Å². The molecule has 0 radical (unpaired) electrons. The fourth-order valence-corrected chi connectivity index (χ4v) is 5.30. The second kappa shape index (κ2) is 10.0. The normalized spacial score (nSPS) is 13.1. The van der Waals surface area contributed by atoms with Gasteiger partial charge in [0, 0.05) is 24.4 Å². The van der Waals surface area contributed by atoms with Gasteiger partial charge >= 0.3 is 6.18 Å². The molecular weight excluding hydrogens is 471 g/mol. The summed E-state index contributed by atoms with van der Waals surface area (Å²) in [5, 5.41) is 2.93. The monoisotopic (exact) mass is 491 g/mol. The van der Waals surface area contributed by atoms with Gasteiger partial charge in [0.05, 0.1) is 21.9 Å². The summed E-state index contributed by atoms with van der Waals surface area (Å²) < 4.78 is 40.3. The lowest BCUT2D eigenvalue weighted by atomic mass is 10.1. The minimum absolute atomic E-state index is 0.0650. The Morgan fingerprint density at radius 2 is 1.94 bits per heavy atom. The van der Waals surface area contributed by atoms with Crippen LogP contribution in [0.4, 0.5) is 18.9 Å². The number of aryl methyl sites for hydroxylation is 2. The van der Waals surface area contributed by atoms with E-state index < -0.39 is 17.6 Å². The van der Waals surface area contributed by atoms with Crippen LogP contribution in [0.1, 0.15) is 16.8 Å². The zero-order valence-electron chi connectivity index (χ0n) is 17.4. The van der Waals surface area contributed by atoms with Crippen molar-refractivity contribution in [3.8, 4) is 0 Å². The molecule has 33 heavy (non-hydrogen) atoms. The number of carbonyl (C=O) groups excluding carboxylic acids is 1. The van der Waals surface area contributed by atoms with Gasteiger partial charge in [0.2, 0.25) is 5.91 Å². The number of nitrogens with one attached hydrogen (secondary N) is 1. The summed E-state index contributed by atoms with van der Waals surface area (Å²) in [4.78, 5) is 30.8. The first-order chi connectivity index (χ1) is 15.8. The molecule has 172 valence electrons. The number of amides is 1. The lowest BCUT2D eigenvalue weighted by molar-refractivity contribution is -0.137. The molecule has 0 spiro atoms. The van der Waals surface area contributed by atoms with E-state index in [0.29, 0.717) is 29.4 Å². The Balaban J connectivity index is 1.48. The molecule has 1 amide bonds. The highest BCUT2D eigenvalue weighted by Gasteiger charge is 2.30. The summed E-state index contributed by atoms with van der Waals surface area (Å²) in [7, 11) is 0. The number of benzene rings is 2. The van der Waals surface area contributed by atoms with Gasteiger partial charge in [-0.25, -0.2) is 4.98 Å². The molecule has 10 heteroatoms. The van der Waals surface area contributed by atoms with Crippen LogP contribution >= 0.6 is 23.5 Å². The molecule has 1 aliphatic heterocycles. The van der Waals surface area contributed by atoms with Crippen molar-refractivity contribution >= 4 is 35.1 Å². The van der Waals surface area contributed by atoms with Gasteiger partial charge in [-0.15, -0.1) is 11.8 Å². The average molecular weight is 492 g/mol. The van der Waals surface area contributed by atoms with E-state index in [1.165, 1.54) is 23.9 Å². The summed E-state index contributed by atoms with van der Waals surface area (Å²) in [5.41, 5.74) is 0.937. The van der Waals surface area contributed by atoms with Crippen LogP contribution in [0.25, 0.3) is 0 Å². The molecule has 1 aromatic heterocycles. The van der Waals surface area contributed by atoms with Crippen molar-refractivity contribution < 1.29 is 18.0 Å². The highest BCUT2D eigenvalue weighted by atomic mass is 32.2. The van der Waals surface area contributed by atoms with Crippen molar-refractivity contribution in [1.82, 2.24) is 9.55 Å². The number of rotatable bonds is 7. The molecule has 0 aliphatic carbocycles. The Kier molecular flexibility index (Phi) is 7.14. The van der Waals surface area contributed by atoms with Crippen molar-refractivity contribution in [2.75, 3.05) is 16.8 Å². The lowest BCUT2D eigenvalue weighted by Gasteiger charge is -2.14. The molecule has 1 N–H and O–H groups in total. The molecule has 3 aromatic rings. The van der Waals surface area contributed by atoms with Gasteiger partial charge in [0.25, 0.3) is 5.56 Å². The Morgan fingerprint density at radius 1 is 1.15 bits per heavy atom. The molecule has 2 heterocycles. The van der Waals surface area contributed by atoms with E-state index >= 15 is 0 Å². The fourth-order valence-electron chi connectivity index (χ4n) is 3.42. The number of nitrogens with zero attached hydrogens (tertiary/aromatic N) is 2. The number of hydrogen-bond acceptors (Lipinski definition) is 5. The Morgan fingerprint density at radius 3 is 2.70 bits per heavy atom. The molecule has 0 bridgehead atoms. The summed E-state index contributed by atoms with van der Waals surface area (Å²) in [6.45, 7) is 0.418. The van der Waals surface area contributed by atoms with Crippen LogP contribution in [0.3, 0.4) is 0 Å². The van der Waals surface area contributed by atoms with Crippen molar-refractivity contribution in [1.29, 1.82) is 0 Å². The second-order valence-corrected chi connectivity index (χ2v) is 9.42. The van der Waals surface area contributed by atoms with Crippen molar-refractivity contribution in [2.45, 2.75) is 35.6 Å². The smallest absolute Gasteiger partial charge is 0.325 e.